The van der Waals surface area contributed by atoms with E-state index in [1.54, 1.807) is 0 Å². The fraction of sp³-hybridized carbons (Fsp3) is 0.941. The first-order valence-corrected chi connectivity index (χ1v) is 8.51. The maximum absolute atomic E-state index is 12.5. The molecule has 1 fully saturated rings. The van der Waals surface area contributed by atoms with Gasteiger partial charge in [-0.2, -0.15) is 0 Å². The summed E-state index contributed by atoms with van der Waals surface area (Å²) in [5.74, 6) is 0.314. The van der Waals surface area contributed by atoms with E-state index >= 15 is 0 Å². The molecule has 1 aliphatic heterocycles. The highest BCUT2D eigenvalue weighted by Gasteiger charge is 2.39. The van der Waals surface area contributed by atoms with E-state index in [9.17, 15) is 4.79 Å². The highest BCUT2D eigenvalue weighted by atomic mass is 16.2. The van der Waals surface area contributed by atoms with Crippen LogP contribution in [0.5, 0.6) is 0 Å². The molecule has 1 aliphatic rings. The van der Waals surface area contributed by atoms with Gasteiger partial charge in [0.2, 0.25) is 5.91 Å². The van der Waals surface area contributed by atoms with Crippen molar-refractivity contribution in [2.45, 2.75) is 91.8 Å². The molecule has 0 bridgehead atoms. The van der Waals surface area contributed by atoms with Crippen LogP contribution < -0.4 is 5.32 Å². The quantitative estimate of drug-likeness (QED) is 0.650. The lowest BCUT2D eigenvalue weighted by Gasteiger charge is -2.33. The van der Waals surface area contributed by atoms with Crippen molar-refractivity contribution >= 4 is 5.91 Å². The minimum atomic E-state index is 0.0398. The molecule has 2 atom stereocenters. The fourth-order valence-electron chi connectivity index (χ4n) is 3.13. The minimum Gasteiger partial charge on any atom is -0.325 e. The molecule has 1 amide bonds. The average Bonchev–Trinajstić information content (AvgIpc) is 2.67. The zero-order chi connectivity index (χ0) is 15.2. The second kappa shape index (κ2) is 8.02. The molecular weight excluding hydrogens is 248 g/mol. The van der Waals surface area contributed by atoms with Crippen molar-refractivity contribution in [2.24, 2.45) is 5.41 Å². The van der Waals surface area contributed by atoms with Gasteiger partial charge < -0.3 is 4.90 Å². The Morgan fingerprint density at radius 3 is 2.40 bits per heavy atom. The third-order valence-electron chi connectivity index (χ3n) is 4.38. The van der Waals surface area contributed by atoms with Gasteiger partial charge in [-0.1, -0.05) is 60.3 Å². The molecule has 118 valence electrons. The van der Waals surface area contributed by atoms with Crippen molar-refractivity contribution in [2.75, 3.05) is 6.54 Å². The second-order valence-electron chi connectivity index (χ2n) is 7.02. The van der Waals surface area contributed by atoms with Gasteiger partial charge in [0.05, 0.1) is 12.2 Å². The first-order valence-electron chi connectivity index (χ1n) is 8.51. The number of carbonyl (C=O) groups is 1. The van der Waals surface area contributed by atoms with Crippen LogP contribution in [0.25, 0.3) is 0 Å². The molecule has 0 aliphatic carbocycles. The van der Waals surface area contributed by atoms with Gasteiger partial charge in [0.25, 0.3) is 0 Å². The molecular formula is C17H34N2O. The Bertz CT molecular complexity index is 301. The SMILES string of the molecule is CCCCCC(C)(C)CN1C(=O)C(CC)NC1CCC. The summed E-state index contributed by atoms with van der Waals surface area (Å²) in [7, 11) is 0. The monoisotopic (exact) mass is 282 g/mol. The van der Waals surface area contributed by atoms with Crippen LogP contribution in [0.4, 0.5) is 0 Å². The summed E-state index contributed by atoms with van der Waals surface area (Å²) in [6.45, 7) is 12.0. The van der Waals surface area contributed by atoms with Crippen molar-refractivity contribution in [1.82, 2.24) is 10.2 Å². The molecule has 0 aromatic carbocycles. The second-order valence-corrected chi connectivity index (χ2v) is 7.02. The molecule has 2 unspecified atom stereocenters. The van der Waals surface area contributed by atoms with Gasteiger partial charge in [0, 0.05) is 6.54 Å². The highest BCUT2D eigenvalue weighted by Crippen LogP contribution is 2.28. The van der Waals surface area contributed by atoms with Gasteiger partial charge >= 0.3 is 0 Å². The molecule has 0 aromatic heterocycles. The predicted molar refractivity (Wildman–Crippen MR) is 85.5 cm³/mol. The van der Waals surface area contributed by atoms with Gasteiger partial charge in [-0.25, -0.2) is 0 Å². The summed E-state index contributed by atoms with van der Waals surface area (Å²) in [4.78, 5) is 14.6. The Balaban J connectivity index is 2.63. The molecule has 0 spiro atoms. The number of hydrogen-bond donors (Lipinski definition) is 1. The highest BCUT2D eigenvalue weighted by molar-refractivity contribution is 5.84. The van der Waals surface area contributed by atoms with Gasteiger partial charge in [-0.05, 0) is 24.7 Å². The van der Waals surface area contributed by atoms with Gasteiger partial charge in [0.1, 0.15) is 0 Å². The van der Waals surface area contributed by atoms with Crippen LogP contribution in [-0.2, 0) is 4.79 Å². The summed E-state index contributed by atoms with van der Waals surface area (Å²) in [6.07, 6.45) is 8.37. The number of amides is 1. The van der Waals surface area contributed by atoms with E-state index in [1.165, 1.54) is 25.7 Å². The summed E-state index contributed by atoms with van der Waals surface area (Å²) < 4.78 is 0. The van der Waals surface area contributed by atoms with Crippen molar-refractivity contribution in [1.29, 1.82) is 0 Å². The van der Waals surface area contributed by atoms with Crippen molar-refractivity contribution in [3.8, 4) is 0 Å². The van der Waals surface area contributed by atoms with E-state index in [4.69, 9.17) is 0 Å². The van der Waals surface area contributed by atoms with E-state index in [0.717, 1.165) is 25.8 Å². The third kappa shape index (κ3) is 4.76. The minimum absolute atomic E-state index is 0.0398. The first-order chi connectivity index (χ1) is 9.45. The molecule has 1 heterocycles. The van der Waals surface area contributed by atoms with Crippen molar-refractivity contribution in [3.05, 3.63) is 0 Å². The number of nitrogens with one attached hydrogen (secondary N) is 1. The third-order valence-corrected chi connectivity index (χ3v) is 4.38. The van der Waals surface area contributed by atoms with E-state index < -0.39 is 0 Å². The lowest BCUT2D eigenvalue weighted by Crippen LogP contribution is -2.43. The smallest absolute Gasteiger partial charge is 0.241 e. The summed E-state index contributed by atoms with van der Waals surface area (Å²) in [5, 5.41) is 3.51. The van der Waals surface area contributed by atoms with Crippen LogP contribution in [0.3, 0.4) is 0 Å². The zero-order valence-electron chi connectivity index (χ0n) is 14.2. The molecule has 1 rings (SSSR count). The van der Waals surface area contributed by atoms with E-state index in [-0.39, 0.29) is 17.6 Å². The Morgan fingerprint density at radius 1 is 1.15 bits per heavy atom. The van der Waals surface area contributed by atoms with Gasteiger partial charge in [-0.15, -0.1) is 0 Å². The molecule has 20 heavy (non-hydrogen) atoms. The lowest BCUT2D eigenvalue weighted by molar-refractivity contribution is -0.131. The average molecular weight is 282 g/mol. The van der Waals surface area contributed by atoms with E-state index in [1.807, 2.05) is 0 Å². The predicted octanol–water partition coefficient (Wildman–Crippen LogP) is 3.93. The number of carbonyl (C=O) groups excluding carboxylic acids is 1. The standard InChI is InChI=1S/C17H34N2O/c1-6-9-10-12-17(4,5)13-19-15(11-7-2)18-14(8-3)16(19)20/h14-15,18H,6-13H2,1-5H3. The van der Waals surface area contributed by atoms with Crippen molar-refractivity contribution in [3.63, 3.8) is 0 Å². The van der Waals surface area contributed by atoms with E-state index in [0.29, 0.717) is 5.91 Å². The number of hydrogen-bond acceptors (Lipinski definition) is 2. The fourth-order valence-corrected chi connectivity index (χ4v) is 3.13. The van der Waals surface area contributed by atoms with E-state index in [2.05, 4.69) is 44.8 Å². The maximum Gasteiger partial charge on any atom is 0.241 e. The molecule has 1 N–H and O–H groups in total. The maximum atomic E-state index is 12.5. The van der Waals surface area contributed by atoms with Gasteiger partial charge in [0.15, 0.2) is 0 Å². The summed E-state index contributed by atoms with van der Waals surface area (Å²) in [5.41, 5.74) is 0.223. The number of rotatable bonds is 9. The zero-order valence-corrected chi connectivity index (χ0v) is 14.2. The van der Waals surface area contributed by atoms with Crippen LogP contribution in [0, 0.1) is 5.41 Å². The molecule has 3 nitrogen and oxygen atoms in total. The molecule has 0 aromatic rings. The molecule has 0 radical (unpaired) electrons. The Morgan fingerprint density at radius 2 is 1.85 bits per heavy atom. The molecule has 3 heteroatoms. The lowest BCUT2D eigenvalue weighted by atomic mass is 9.86. The van der Waals surface area contributed by atoms with Crippen LogP contribution >= 0.6 is 0 Å². The van der Waals surface area contributed by atoms with Crippen LogP contribution in [0.1, 0.15) is 79.6 Å². The Kier molecular flexibility index (Phi) is 7.01. The molecule has 0 saturated carbocycles. The number of nitrogens with zero attached hydrogens (tertiary/aromatic N) is 1. The summed E-state index contributed by atoms with van der Waals surface area (Å²) >= 11 is 0. The van der Waals surface area contributed by atoms with Crippen molar-refractivity contribution < 1.29 is 4.79 Å². The van der Waals surface area contributed by atoms with Crippen LogP contribution in [-0.4, -0.2) is 29.6 Å². The first kappa shape index (κ1) is 17.5. The van der Waals surface area contributed by atoms with Crippen LogP contribution in [0.15, 0.2) is 0 Å². The summed E-state index contributed by atoms with van der Waals surface area (Å²) in [6, 6.07) is 0.0398. The van der Waals surface area contributed by atoms with Crippen LogP contribution in [0.2, 0.25) is 0 Å². The normalized spacial score (nSPS) is 23.6. The number of unbranched alkanes of at least 4 members (excludes halogenated alkanes) is 2. The van der Waals surface area contributed by atoms with Gasteiger partial charge in [-0.3, -0.25) is 10.1 Å². The largest absolute Gasteiger partial charge is 0.325 e. The topological polar surface area (TPSA) is 32.3 Å². The Hall–Kier alpha value is -0.570. The Labute approximate surface area is 125 Å². The molecule has 1 saturated heterocycles.